The largest absolute Gasteiger partial charge is 0.204 e. The molecular formula is C14H9BrCl2F2. The third-order valence-electron chi connectivity index (χ3n) is 2.83. The highest BCUT2D eigenvalue weighted by Gasteiger charge is 2.19. The van der Waals surface area contributed by atoms with E-state index in [1.807, 2.05) is 13.0 Å². The number of hydrogen-bond donors (Lipinski definition) is 0. The number of rotatable bonds is 2. The summed E-state index contributed by atoms with van der Waals surface area (Å²) in [6.07, 6.45) is 0. The molecule has 0 spiro atoms. The molecule has 19 heavy (non-hydrogen) atoms. The second-order valence-corrected chi connectivity index (χ2v) is 5.91. The highest BCUT2D eigenvalue weighted by molar-refractivity contribution is 9.09. The first-order valence-electron chi connectivity index (χ1n) is 5.44. The molecule has 0 aromatic heterocycles. The standard InChI is InChI=1S/C14H9BrCl2F2/c1-7-2-3-8(16)4-9(7)14(15)10-5-12(18)13(19)6-11(10)17/h2-6,14H,1H3. The Balaban J connectivity index is 2.52. The summed E-state index contributed by atoms with van der Waals surface area (Å²) in [7, 11) is 0. The van der Waals surface area contributed by atoms with Gasteiger partial charge in [0.2, 0.25) is 0 Å². The van der Waals surface area contributed by atoms with E-state index in [1.165, 1.54) is 0 Å². The fourth-order valence-electron chi connectivity index (χ4n) is 1.78. The third-order valence-corrected chi connectivity index (χ3v) is 4.38. The van der Waals surface area contributed by atoms with Crippen LogP contribution in [0.15, 0.2) is 30.3 Å². The Hall–Kier alpha value is -0.640. The lowest BCUT2D eigenvalue weighted by Crippen LogP contribution is -1.99. The van der Waals surface area contributed by atoms with Crippen LogP contribution in [0.25, 0.3) is 0 Å². The Morgan fingerprint density at radius 3 is 2.32 bits per heavy atom. The average molecular weight is 366 g/mol. The summed E-state index contributed by atoms with van der Waals surface area (Å²) in [5.74, 6) is -1.89. The van der Waals surface area contributed by atoms with Crippen LogP contribution < -0.4 is 0 Å². The van der Waals surface area contributed by atoms with Crippen LogP contribution in [0.5, 0.6) is 0 Å². The Kier molecular flexibility index (Phi) is 4.49. The van der Waals surface area contributed by atoms with E-state index in [-0.39, 0.29) is 9.85 Å². The molecule has 0 aliphatic carbocycles. The summed E-state index contributed by atoms with van der Waals surface area (Å²) >= 11 is 15.4. The summed E-state index contributed by atoms with van der Waals surface area (Å²) < 4.78 is 26.4. The fraction of sp³-hybridized carbons (Fsp3) is 0.143. The SMILES string of the molecule is Cc1ccc(Cl)cc1C(Br)c1cc(F)c(F)cc1Cl. The smallest absolute Gasteiger partial charge is 0.160 e. The molecule has 0 amide bonds. The first kappa shape index (κ1) is 14.8. The maximum atomic E-state index is 13.3. The first-order valence-corrected chi connectivity index (χ1v) is 7.12. The van der Waals surface area contributed by atoms with Crippen LogP contribution in [0.4, 0.5) is 8.78 Å². The monoisotopic (exact) mass is 364 g/mol. The van der Waals surface area contributed by atoms with Crippen molar-refractivity contribution in [2.75, 3.05) is 0 Å². The average Bonchev–Trinajstić information content (AvgIpc) is 2.36. The minimum Gasteiger partial charge on any atom is -0.204 e. The van der Waals surface area contributed by atoms with E-state index in [2.05, 4.69) is 15.9 Å². The van der Waals surface area contributed by atoms with Crippen molar-refractivity contribution in [2.24, 2.45) is 0 Å². The van der Waals surface area contributed by atoms with E-state index in [9.17, 15) is 8.78 Å². The number of alkyl halides is 1. The van der Waals surface area contributed by atoms with Gasteiger partial charge >= 0.3 is 0 Å². The maximum Gasteiger partial charge on any atom is 0.160 e. The molecule has 0 fully saturated rings. The molecule has 0 radical (unpaired) electrons. The molecule has 0 N–H and O–H groups in total. The highest BCUT2D eigenvalue weighted by Crippen LogP contribution is 2.38. The normalized spacial score (nSPS) is 12.5. The van der Waals surface area contributed by atoms with Crippen molar-refractivity contribution in [1.29, 1.82) is 0 Å². The zero-order valence-electron chi connectivity index (χ0n) is 9.85. The van der Waals surface area contributed by atoms with E-state index in [0.717, 1.165) is 23.3 Å². The molecule has 0 heterocycles. The van der Waals surface area contributed by atoms with Gasteiger partial charge in [0, 0.05) is 10.0 Å². The molecule has 2 rings (SSSR count). The van der Waals surface area contributed by atoms with Crippen LogP contribution in [-0.2, 0) is 0 Å². The molecule has 5 heteroatoms. The molecule has 0 nitrogen and oxygen atoms in total. The minimum absolute atomic E-state index is 0.167. The first-order chi connectivity index (χ1) is 8.90. The van der Waals surface area contributed by atoms with Gasteiger partial charge in [0.05, 0.1) is 4.83 Å². The van der Waals surface area contributed by atoms with Gasteiger partial charge in [0.25, 0.3) is 0 Å². The summed E-state index contributed by atoms with van der Waals surface area (Å²) in [4.78, 5) is -0.353. The van der Waals surface area contributed by atoms with Gasteiger partial charge in [0.15, 0.2) is 11.6 Å². The van der Waals surface area contributed by atoms with E-state index in [0.29, 0.717) is 10.6 Å². The predicted octanol–water partition coefficient (Wildman–Crippen LogP) is 6.06. The number of aryl methyl sites for hydroxylation is 1. The van der Waals surface area contributed by atoms with Crippen LogP contribution in [0.3, 0.4) is 0 Å². The molecule has 1 unspecified atom stereocenters. The lowest BCUT2D eigenvalue weighted by Gasteiger charge is -2.15. The Morgan fingerprint density at radius 1 is 1.00 bits per heavy atom. The van der Waals surface area contributed by atoms with Gasteiger partial charge in [-0.3, -0.25) is 0 Å². The Labute approximate surface area is 128 Å². The van der Waals surface area contributed by atoms with Crippen molar-refractivity contribution in [3.63, 3.8) is 0 Å². The summed E-state index contributed by atoms with van der Waals surface area (Å²) in [6.45, 7) is 1.91. The van der Waals surface area contributed by atoms with Crippen LogP contribution in [0.2, 0.25) is 10.0 Å². The Bertz CT molecular complexity index is 629. The van der Waals surface area contributed by atoms with Crippen LogP contribution in [-0.4, -0.2) is 0 Å². The molecule has 0 saturated carbocycles. The van der Waals surface area contributed by atoms with Crippen LogP contribution in [0.1, 0.15) is 21.5 Å². The predicted molar refractivity (Wildman–Crippen MR) is 78.3 cm³/mol. The lowest BCUT2D eigenvalue weighted by molar-refractivity contribution is 0.507. The molecule has 0 aliphatic heterocycles. The summed E-state index contributed by atoms with van der Waals surface area (Å²) in [5.41, 5.74) is 2.30. The number of benzene rings is 2. The van der Waals surface area contributed by atoms with Gasteiger partial charge in [-0.05, 0) is 47.9 Å². The Morgan fingerprint density at radius 2 is 1.63 bits per heavy atom. The molecule has 0 bridgehead atoms. The third kappa shape index (κ3) is 3.10. The second kappa shape index (κ2) is 5.78. The van der Waals surface area contributed by atoms with Gasteiger partial charge in [-0.2, -0.15) is 0 Å². The van der Waals surface area contributed by atoms with E-state index >= 15 is 0 Å². The molecule has 0 saturated heterocycles. The molecule has 2 aromatic carbocycles. The lowest BCUT2D eigenvalue weighted by atomic mass is 10.0. The van der Waals surface area contributed by atoms with Crippen molar-refractivity contribution in [3.05, 3.63) is 68.7 Å². The van der Waals surface area contributed by atoms with Crippen molar-refractivity contribution < 1.29 is 8.78 Å². The fourth-order valence-corrected chi connectivity index (χ4v) is 3.23. The van der Waals surface area contributed by atoms with Crippen molar-refractivity contribution in [1.82, 2.24) is 0 Å². The van der Waals surface area contributed by atoms with E-state index in [4.69, 9.17) is 23.2 Å². The molecule has 2 aromatic rings. The topological polar surface area (TPSA) is 0 Å². The van der Waals surface area contributed by atoms with Crippen LogP contribution >= 0.6 is 39.1 Å². The van der Waals surface area contributed by atoms with E-state index in [1.54, 1.807) is 12.1 Å². The maximum absolute atomic E-state index is 13.3. The van der Waals surface area contributed by atoms with Gasteiger partial charge in [-0.1, -0.05) is 45.2 Å². The quantitative estimate of drug-likeness (QED) is 0.448. The minimum atomic E-state index is -0.962. The van der Waals surface area contributed by atoms with Gasteiger partial charge in [-0.25, -0.2) is 8.78 Å². The van der Waals surface area contributed by atoms with Crippen molar-refractivity contribution in [3.8, 4) is 0 Å². The second-order valence-electron chi connectivity index (χ2n) is 4.15. The van der Waals surface area contributed by atoms with Gasteiger partial charge in [0.1, 0.15) is 0 Å². The highest BCUT2D eigenvalue weighted by atomic mass is 79.9. The summed E-state index contributed by atoms with van der Waals surface area (Å²) in [5, 5.41) is 0.740. The van der Waals surface area contributed by atoms with Crippen molar-refractivity contribution >= 4 is 39.1 Å². The zero-order valence-corrected chi connectivity index (χ0v) is 13.0. The van der Waals surface area contributed by atoms with Gasteiger partial charge in [-0.15, -0.1) is 0 Å². The van der Waals surface area contributed by atoms with Crippen LogP contribution in [0, 0.1) is 18.6 Å². The number of hydrogen-bond acceptors (Lipinski definition) is 0. The summed E-state index contributed by atoms with van der Waals surface area (Å²) in [6, 6.07) is 7.47. The molecule has 1 atom stereocenters. The zero-order chi connectivity index (χ0) is 14.2. The van der Waals surface area contributed by atoms with Crippen molar-refractivity contribution in [2.45, 2.75) is 11.8 Å². The van der Waals surface area contributed by atoms with Gasteiger partial charge < -0.3 is 0 Å². The molecular weight excluding hydrogens is 357 g/mol. The molecule has 100 valence electrons. The number of halogens is 5. The van der Waals surface area contributed by atoms with E-state index < -0.39 is 11.6 Å². The molecule has 0 aliphatic rings.